The molecule has 0 spiro atoms. The van der Waals surface area contributed by atoms with Gasteiger partial charge in [0.15, 0.2) is 0 Å². The standard InChI is InChI=1S/C24H32N2O2/c1-3-24(27)26(22-11-5-4-6-12-22)19-21-10-8-16-25(18-21)17-20-9-7-13-23(28-2)15-14-20/h4-7,9,11-12,14-15,21H,3,8,10,13,16-19H2,1-2H3. The number of para-hydroxylation sites is 1. The summed E-state index contributed by atoms with van der Waals surface area (Å²) in [7, 11) is 1.73. The van der Waals surface area contributed by atoms with Crippen LogP contribution in [0.5, 0.6) is 0 Å². The molecule has 1 aromatic carbocycles. The number of hydrogen-bond donors (Lipinski definition) is 0. The van der Waals surface area contributed by atoms with Crippen LogP contribution in [0, 0.1) is 5.92 Å². The number of amides is 1. The first-order valence-electron chi connectivity index (χ1n) is 10.4. The van der Waals surface area contributed by atoms with Gasteiger partial charge in [-0.05, 0) is 49.1 Å². The van der Waals surface area contributed by atoms with Crippen LogP contribution < -0.4 is 4.90 Å². The van der Waals surface area contributed by atoms with Gasteiger partial charge in [-0.3, -0.25) is 9.69 Å². The number of hydrogen-bond acceptors (Lipinski definition) is 3. The molecule has 0 N–H and O–H groups in total. The van der Waals surface area contributed by atoms with Crippen molar-refractivity contribution in [3.8, 4) is 0 Å². The summed E-state index contributed by atoms with van der Waals surface area (Å²) in [5, 5.41) is 0. The molecular formula is C24H32N2O2. The van der Waals surface area contributed by atoms with Gasteiger partial charge in [0.1, 0.15) is 0 Å². The van der Waals surface area contributed by atoms with Crippen LogP contribution in [0.15, 0.2) is 66.0 Å². The van der Waals surface area contributed by atoms with E-state index in [1.807, 2.05) is 42.2 Å². The third-order valence-electron chi connectivity index (χ3n) is 5.52. The van der Waals surface area contributed by atoms with E-state index in [2.05, 4.69) is 29.2 Å². The lowest BCUT2D eigenvalue weighted by molar-refractivity contribution is -0.118. The van der Waals surface area contributed by atoms with Gasteiger partial charge in [0.05, 0.1) is 12.9 Å². The van der Waals surface area contributed by atoms with Gasteiger partial charge in [-0.15, -0.1) is 0 Å². The molecule has 1 saturated heterocycles. The fourth-order valence-electron chi connectivity index (χ4n) is 4.02. The van der Waals surface area contributed by atoms with Crippen LogP contribution in [0.3, 0.4) is 0 Å². The molecule has 1 aromatic rings. The van der Waals surface area contributed by atoms with Gasteiger partial charge < -0.3 is 9.64 Å². The number of benzene rings is 1. The highest BCUT2D eigenvalue weighted by atomic mass is 16.5. The first-order chi connectivity index (χ1) is 13.7. The molecular weight excluding hydrogens is 348 g/mol. The zero-order valence-corrected chi connectivity index (χ0v) is 17.1. The molecule has 3 rings (SSSR count). The van der Waals surface area contributed by atoms with Gasteiger partial charge in [-0.1, -0.05) is 43.4 Å². The molecule has 4 nitrogen and oxygen atoms in total. The third-order valence-corrected chi connectivity index (χ3v) is 5.52. The van der Waals surface area contributed by atoms with Crippen molar-refractivity contribution in [2.24, 2.45) is 5.92 Å². The van der Waals surface area contributed by atoms with Gasteiger partial charge in [0.25, 0.3) is 0 Å². The molecule has 4 heteroatoms. The summed E-state index contributed by atoms with van der Waals surface area (Å²) < 4.78 is 5.36. The van der Waals surface area contributed by atoms with Gasteiger partial charge in [0.2, 0.25) is 5.91 Å². The van der Waals surface area contributed by atoms with E-state index in [9.17, 15) is 4.79 Å². The fourth-order valence-corrected chi connectivity index (χ4v) is 4.02. The van der Waals surface area contributed by atoms with Crippen molar-refractivity contribution in [2.45, 2.75) is 32.6 Å². The third kappa shape index (κ3) is 5.59. The number of ether oxygens (including phenoxy) is 1. The van der Waals surface area contributed by atoms with Crippen molar-refractivity contribution < 1.29 is 9.53 Å². The molecule has 1 fully saturated rings. The minimum atomic E-state index is 0.204. The van der Waals surface area contributed by atoms with Crippen molar-refractivity contribution in [3.05, 3.63) is 66.0 Å². The van der Waals surface area contributed by atoms with Crippen LogP contribution in [0.4, 0.5) is 5.69 Å². The lowest BCUT2D eigenvalue weighted by Gasteiger charge is -2.36. The normalized spacial score (nSPS) is 20.1. The highest BCUT2D eigenvalue weighted by Crippen LogP contribution is 2.23. The Morgan fingerprint density at radius 2 is 2.07 bits per heavy atom. The predicted molar refractivity (Wildman–Crippen MR) is 115 cm³/mol. The summed E-state index contributed by atoms with van der Waals surface area (Å²) in [5.41, 5.74) is 2.33. The Balaban J connectivity index is 1.63. The van der Waals surface area contributed by atoms with Crippen molar-refractivity contribution in [2.75, 3.05) is 38.2 Å². The maximum Gasteiger partial charge on any atom is 0.226 e. The summed E-state index contributed by atoms with van der Waals surface area (Å²) in [4.78, 5) is 17.1. The molecule has 1 amide bonds. The van der Waals surface area contributed by atoms with Crippen LogP contribution in [0.2, 0.25) is 0 Å². The highest BCUT2D eigenvalue weighted by molar-refractivity contribution is 5.93. The Bertz CT molecular complexity index is 736. The lowest BCUT2D eigenvalue weighted by atomic mass is 9.96. The van der Waals surface area contributed by atoms with E-state index in [0.717, 1.165) is 44.0 Å². The van der Waals surface area contributed by atoms with Crippen LogP contribution >= 0.6 is 0 Å². The van der Waals surface area contributed by atoms with E-state index in [0.29, 0.717) is 12.3 Å². The zero-order chi connectivity index (χ0) is 19.8. The molecule has 0 bridgehead atoms. The second kappa shape index (κ2) is 10.3. The molecule has 1 aliphatic heterocycles. The largest absolute Gasteiger partial charge is 0.501 e. The van der Waals surface area contributed by atoms with E-state index >= 15 is 0 Å². The first kappa shape index (κ1) is 20.4. The minimum absolute atomic E-state index is 0.204. The second-order valence-electron chi connectivity index (χ2n) is 7.62. The van der Waals surface area contributed by atoms with Crippen LogP contribution in [-0.2, 0) is 9.53 Å². The molecule has 28 heavy (non-hydrogen) atoms. The number of rotatable bonds is 7. The first-order valence-corrected chi connectivity index (χ1v) is 10.4. The average Bonchev–Trinajstić information content (AvgIpc) is 2.97. The molecule has 0 radical (unpaired) electrons. The van der Waals surface area contributed by atoms with Gasteiger partial charge in [0, 0.05) is 38.2 Å². The minimum Gasteiger partial charge on any atom is -0.501 e. The number of likely N-dealkylation sites (tertiary alicyclic amines) is 1. The molecule has 150 valence electrons. The van der Waals surface area contributed by atoms with E-state index in [1.54, 1.807) is 7.11 Å². The number of anilines is 1. The molecule has 1 atom stereocenters. The van der Waals surface area contributed by atoms with Crippen molar-refractivity contribution >= 4 is 11.6 Å². The lowest BCUT2D eigenvalue weighted by Crippen LogP contribution is -2.43. The van der Waals surface area contributed by atoms with Gasteiger partial charge in [-0.2, -0.15) is 0 Å². The van der Waals surface area contributed by atoms with Gasteiger partial charge >= 0.3 is 0 Å². The number of piperidine rings is 1. The van der Waals surface area contributed by atoms with E-state index in [1.165, 1.54) is 18.4 Å². The number of carbonyl (C=O) groups excluding carboxylic acids is 1. The summed E-state index contributed by atoms with van der Waals surface area (Å²) in [6, 6.07) is 10.1. The molecule has 0 saturated carbocycles. The molecule has 0 aromatic heterocycles. The van der Waals surface area contributed by atoms with Crippen LogP contribution in [0.1, 0.15) is 32.6 Å². The average molecular weight is 381 g/mol. The van der Waals surface area contributed by atoms with Gasteiger partial charge in [-0.25, -0.2) is 0 Å². The Labute approximate surface area is 169 Å². The van der Waals surface area contributed by atoms with E-state index in [4.69, 9.17) is 4.74 Å². The number of methoxy groups -OCH3 is 1. The van der Waals surface area contributed by atoms with E-state index in [-0.39, 0.29) is 5.91 Å². The maximum atomic E-state index is 12.6. The monoisotopic (exact) mass is 380 g/mol. The second-order valence-corrected chi connectivity index (χ2v) is 7.62. The molecule has 1 aliphatic carbocycles. The zero-order valence-electron chi connectivity index (χ0n) is 17.1. The topological polar surface area (TPSA) is 32.8 Å². The Morgan fingerprint density at radius 1 is 1.25 bits per heavy atom. The summed E-state index contributed by atoms with van der Waals surface area (Å²) in [6.45, 7) is 5.85. The van der Waals surface area contributed by atoms with Crippen molar-refractivity contribution in [3.63, 3.8) is 0 Å². The molecule has 1 heterocycles. The predicted octanol–water partition coefficient (Wildman–Crippen LogP) is 4.56. The Kier molecular flexibility index (Phi) is 7.49. The summed E-state index contributed by atoms with van der Waals surface area (Å²) in [6.07, 6.45) is 12.4. The van der Waals surface area contributed by atoms with Crippen LogP contribution in [0.25, 0.3) is 0 Å². The highest BCUT2D eigenvalue weighted by Gasteiger charge is 2.25. The quantitative estimate of drug-likeness (QED) is 0.695. The number of allylic oxidation sites excluding steroid dienone is 3. The van der Waals surface area contributed by atoms with Crippen molar-refractivity contribution in [1.29, 1.82) is 0 Å². The number of carbonyl (C=O) groups is 1. The SMILES string of the molecule is CCC(=O)N(CC1CCCN(CC2=CC=C(OC)CC=C2)C1)c1ccccc1. The fraction of sp³-hybridized carbons (Fsp3) is 0.458. The summed E-state index contributed by atoms with van der Waals surface area (Å²) >= 11 is 0. The van der Waals surface area contributed by atoms with E-state index < -0.39 is 0 Å². The van der Waals surface area contributed by atoms with Crippen molar-refractivity contribution in [1.82, 2.24) is 4.90 Å². The van der Waals surface area contributed by atoms with Crippen LogP contribution in [-0.4, -0.2) is 44.1 Å². The Morgan fingerprint density at radius 3 is 2.82 bits per heavy atom. The number of nitrogens with zero attached hydrogens (tertiary/aromatic N) is 2. The smallest absolute Gasteiger partial charge is 0.226 e. The maximum absolute atomic E-state index is 12.6. The molecule has 1 unspecified atom stereocenters. The summed E-state index contributed by atoms with van der Waals surface area (Å²) in [5.74, 6) is 1.71. The molecule has 2 aliphatic rings. The Hall–Kier alpha value is -2.33.